The smallest absolute Gasteiger partial charge is 0.326 e. The number of nitrogens with two attached hydrogens (primary N) is 2. The van der Waals surface area contributed by atoms with Crippen LogP contribution in [0, 0.1) is 0 Å². The molecular formula is C24H36N6O5S. The summed E-state index contributed by atoms with van der Waals surface area (Å²) in [5, 5.41) is 18.3. The van der Waals surface area contributed by atoms with Crippen LogP contribution in [-0.4, -0.2) is 77.0 Å². The molecule has 1 aromatic heterocycles. The summed E-state index contributed by atoms with van der Waals surface area (Å²) < 4.78 is 0. The summed E-state index contributed by atoms with van der Waals surface area (Å²) >= 11 is 1.47. The summed E-state index contributed by atoms with van der Waals surface area (Å²) in [4.78, 5) is 53.2. The van der Waals surface area contributed by atoms with Crippen LogP contribution in [0.1, 0.15) is 31.2 Å². The Kier molecular flexibility index (Phi) is 12.2. The van der Waals surface area contributed by atoms with Crippen LogP contribution < -0.4 is 27.4 Å². The molecule has 198 valence electrons. The van der Waals surface area contributed by atoms with Crippen molar-refractivity contribution in [2.75, 3.05) is 25.1 Å². The minimum absolute atomic E-state index is 0.122. The molecular weight excluding hydrogens is 484 g/mol. The second-order valence-electron chi connectivity index (χ2n) is 8.41. The van der Waals surface area contributed by atoms with Gasteiger partial charge in [0.2, 0.25) is 17.7 Å². The number of aromatic amines is 1. The minimum Gasteiger partial charge on any atom is -0.480 e. The highest BCUT2D eigenvalue weighted by atomic mass is 32.2. The Hall–Kier alpha value is -3.09. The number of H-pyrrole nitrogens is 1. The number of thioether (sulfide) groups is 1. The zero-order valence-corrected chi connectivity index (χ0v) is 21.2. The van der Waals surface area contributed by atoms with Gasteiger partial charge in [0.15, 0.2) is 0 Å². The summed E-state index contributed by atoms with van der Waals surface area (Å²) in [5.74, 6) is -2.27. The molecule has 11 nitrogen and oxygen atoms in total. The number of nitrogens with one attached hydrogen (secondary N) is 4. The van der Waals surface area contributed by atoms with Gasteiger partial charge in [-0.1, -0.05) is 18.2 Å². The molecule has 0 spiro atoms. The molecule has 3 unspecified atom stereocenters. The molecule has 1 heterocycles. The van der Waals surface area contributed by atoms with Crippen LogP contribution in [0.2, 0.25) is 0 Å². The first-order valence-electron chi connectivity index (χ1n) is 11.9. The SMILES string of the molecule is CSCCC(NC(=O)C(Cc1c[nH]c2ccccc12)NC(=O)C(CCCCN)NC(=O)CN)C(=O)O. The largest absolute Gasteiger partial charge is 0.480 e. The molecule has 0 saturated heterocycles. The van der Waals surface area contributed by atoms with Crippen molar-refractivity contribution in [1.29, 1.82) is 0 Å². The molecule has 0 saturated carbocycles. The summed E-state index contributed by atoms with van der Waals surface area (Å²) in [6.45, 7) is 0.160. The fraction of sp³-hybridized carbons (Fsp3) is 0.500. The Morgan fingerprint density at radius 2 is 1.67 bits per heavy atom. The van der Waals surface area contributed by atoms with Gasteiger partial charge < -0.3 is 37.5 Å². The molecule has 12 heteroatoms. The van der Waals surface area contributed by atoms with Crippen LogP contribution in [-0.2, 0) is 25.6 Å². The first-order valence-corrected chi connectivity index (χ1v) is 13.3. The Labute approximate surface area is 214 Å². The Morgan fingerprint density at radius 3 is 2.33 bits per heavy atom. The maximum Gasteiger partial charge on any atom is 0.326 e. The van der Waals surface area contributed by atoms with E-state index in [0.717, 1.165) is 16.5 Å². The van der Waals surface area contributed by atoms with E-state index in [9.17, 15) is 24.3 Å². The van der Waals surface area contributed by atoms with Gasteiger partial charge in [-0.25, -0.2) is 4.79 Å². The number of amides is 3. The van der Waals surface area contributed by atoms with Crippen LogP contribution in [0.4, 0.5) is 0 Å². The van der Waals surface area contributed by atoms with Gasteiger partial charge in [-0.2, -0.15) is 11.8 Å². The van der Waals surface area contributed by atoms with E-state index in [4.69, 9.17) is 11.5 Å². The summed E-state index contributed by atoms with van der Waals surface area (Å²) in [5.41, 5.74) is 12.6. The highest BCUT2D eigenvalue weighted by Crippen LogP contribution is 2.19. The van der Waals surface area contributed by atoms with Crippen LogP contribution >= 0.6 is 11.8 Å². The summed E-state index contributed by atoms with van der Waals surface area (Å²) in [6.07, 6.45) is 5.55. The van der Waals surface area contributed by atoms with Crippen molar-refractivity contribution in [2.45, 2.75) is 50.2 Å². The van der Waals surface area contributed by atoms with Crippen molar-refractivity contribution >= 4 is 46.4 Å². The maximum absolute atomic E-state index is 13.3. The zero-order chi connectivity index (χ0) is 26.5. The fourth-order valence-electron chi connectivity index (χ4n) is 3.78. The highest BCUT2D eigenvalue weighted by molar-refractivity contribution is 7.98. The third-order valence-electron chi connectivity index (χ3n) is 5.74. The number of carbonyl (C=O) groups is 4. The van der Waals surface area contributed by atoms with Crippen LogP contribution in [0.25, 0.3) is 10.9 Å². The standard InChI is InChI=1S/C24H36N6O5S/c1-36-11-9-19(24(34)35)29-23(33)20(12-15-14-27-17-7-3-2-6-16(15)17)30-22(32)18(8-4-5-10-25)28-21(31)13-26/h2-3,6-7,14,18-20,27H,4-5,8-13,25-26H2,1H3,(H,28,31)(H,29,33)(H,30,32)(H,34,35). The van der Waals surface area contributed by atoms with Gasteiger partial charge in [0, 0.05) is 23.5 Å². The summed E-state index contributed by atoms with van der Waals surface area (Å²) in [6, 6.07) is 4.47. The number of carbonyl (C=O) groups excluding carboxylic acids is 3. The normalized spacial score (nSPS) is 13.5. The van der Waals surface area contributed by atoms with Gasteiger partial charge in [-0.15, -0.1) is 0 Å². The van der Waals surface area contributed by atoms with Gasteiger partial charge in [-0.05, 0) is 55.9 Å². The maximum atomic E-state index is 13.3. The van der Waals surface area contributed by atoms with Crippen molar-refractivity contribution in [3.63, 3.8) is 0 Å². The van der Waals surface area contributed by atoms with Crippen molar-refractivity contribution in [3.05, 3.63) is 36.0 Å². The molecule has 36 heavy (non-hydrogen) atoms. The Balaban J connectivity index is 2.28. The molecule has 2 aromatic rings. The lowest BCUT2D eigenvalue weighted by Crippen LogP contribution is -2.56. The van der Waals surface area contributed by atoms with E-state index >= 15 is 0 Å². The van der Waals surface area contributed by atoms with E-state index in [-0.39, 0.29) is 19.4 Å². The number of aliphatic carboxylic acids is 1. The van der Waals surface area contributed by atoms with E-state index in [1.807, 2.05) is 30.5 Å². The third-order valence-corrected chi connectivity index (χ3v) is 6.39. The number of carboxylic acid groups (broad SMARTS) is 1. The first-order chi connectivity index (χ1) is 17.3. The van der Waals surface area contributed by atoms with Gasteiger partial charge >= 0.3 is 5.97 Å². The van der Waals surface area contributed by atoms with Crippen molar-refractivity contribution < 1.29 is 24.3 Å². The van der Waals surface area contributed by atoms with Crippen LogP contribution in [0.3, 0.4) is 0 Å². The van der Waals surface area contributed by atoms with Gasteiger partial charge in [0.25, 0.3) is 0 Å². The molecule has 1 aromatic carbocycles. The second-order valence-corrected chi connectivity index (χ2v) is 9.40. The number of carboxylic acids is 1. The van der Waals surface area contributed by atoms with Crippen molar-refractivity contribution in [2.24, 2.45) is 11.5 Å². The molecule has 0 aliphatic rings. The molecule has 9 N–H and O–H groups in total. The van der Waals surface area contributed by atoms with Gasteiger partial charge in [-0.3, -0.25) is 14.4 Å². The van der Waals surface area contributed by atoms with Crippen molar-refractivity contribution in [3.8, 4) is 0 Å². The first kappa shape index (κ1) is 29.1. The molecule has 0 aliphatic carbocycles. The topological polar surface area (TPSA) is 192 Å². The molecule has 0 bridgehead atoms. The number of para-hydroxylation sites is 1. The van der Waals surface area contributed by atoms with E-state index in [2.05, 4.69) is 20.9 Å². The van der Waals surface area contributed by atoms with Gasteiger partial charge in [0.1, 0.15) is 18.1 Å². The Bertz CT molecular complexity index is 1030. The van der Waals surface area contributed by atoms with E-state index in [1.165, 1.54) is 11.8 Å². The molecule has 0 fully saturated rings. The average Bonchev–Trinajstić information content (AvgIpc) is 3.27. The lowest BCUT2D eigenvalue weighted by molar-refractivity contribution is -0.142. The number of hydrogen-bond acceptors (Lipinski definition) is 7. The van der Waals surface area contributed by atoms with Crippen molar-refractivity contribution in [1.82, 2.24) is 20.9 Å². The molecule has 0 aliphatic heterocycles. The van der Waals surface area contributed by atoms with E-state index in [1.54, 1.807) is 6.20 Å². The number of hydrogen-bond donors (Lipinski definition) is 7. The molecule has 2 rings (SSSR count). The minimum atomic E-state index is -1.15. The number of aromatic nitrogens is 1. The number of unbranched alkanes of at least 4 members (excludes halogenated alkanes) is 1. The quantitative estimate of drug-likeness (QED) is 0.151. The summed E-state index contributed by atoms with van der Waals surface area (Å²) in [7, 11) is 0. The monoisotopic (exact) mass is 520 g/mol. The lowest BCUT2D eigenvalue weighted by atomic mass is 10.0. The predicted octanol–water partition coefficient (Wildman–Crippen LogP) is 0.0902. The average molecular weight is 521 g/mol. The van der Waals surface area contributed by atoms with E-state index in [0.29, 0.717) is 31.6 Å². The highest BCUT2D eigenvalue weighted by Gasteiger charge is 2.30. The molecule has 3 atom stereocenters. The van der Waals surface area contributed by atoms with Gasteiger partial charge in [0.05, 0.1) is 6.54 Å². The second kappa shape index (κ2) is 15.1. The van der Waals surface area contributed by atoms with Crippen LogP contribution in [0.15, 0.2) is 30.5 Å². The third kappa shape index (κ3) is 8.85. The zero-order valence-electron chi connectivity index (χ0n) is 20.4. The number of fused-ring (bicyclic) bond motifs is 1. The predicted molar refractivity (Wildman–Crippen MR) is 140 cm³/mol. The number of benzene rings is 1. The Morgan fingerprint density at radius 1 is 0.972 bits per heavy atom. The fourth-order valence-corrected chi connectivity index (χ4v) is 4.25. The van der Waals surface area contributed by atoms with Crippen LogP contribution in [0.5, 0.6) is 0 Å². The molecule has 3 amide bonds. The van der Waals surface area contributed by atoms with E-state index < -0.39 is 41.8 Å². The lowest BCUT2D eigenvalue weighted by Gasteiger charge is -2.24. The molecule has 0 radical (unpaired) electrons. The number of rotatable bonds is 16.